The van der Waals surface area contributed by atoms with Crippen LogP contribution in [-0.4, -0.2) is 53.1 Å². The second-order valence-corrected chi connectivity index (χ2v) is 10.0. The van der Waals surface area contributed by atoms with Crippen LogP contribution in [0.5, 0.6) is 46.0 Å². The fourth-order valence-corrected chi connectivity index (χ4v) is 5.55. The monoisotopic (exact) mass is 546 g/mol. The van der Waals surface area contributed by atoms with E-state index in [4.69, 9.17) is 9.47 Å². The average Bonchev–Trinajstić information content (AvgIpc) is 2.92. The Kier molecular flexibility index (Phi) is 6.01. The molecule has 2 aliphatic heterocycles. The number of aliphatic hydroxyl groups excluding tert-OH is 2. The standard InChI is InChI=1S/C30H26O10/c31-15-4-1-13(2-5-15)28-23(37)11-18-20(34)12-22(36)26(30(18)40-28)25-17-7-6-16(32)10-24(17)39-29(27(25)38)14-3-8-19(33)21(35)9-14/h1-10,12,23,25,27-29,31-38H,11H2/t23-,25+,27+,28-,29-/m1/s1. The third kappa shape index (κ3) is 4.14. The number of ether oxygens (including phenoxy) is 2. The topological polar surface area (TPSA) is 180 Å². The van der Waals surface area contributed by atoms with E-state index in [-0.39, 0.29) is 57.8 Å². The molecule has 10 heteroatoms. The third-order valence-electron chi connectivity index (χ3n) is 7.48. The average molecular weight is 547 g/mol. The lowest BCUT2D eigenvalue weighted by Crippen LogP contribution is -2.36. The van der Waals surface area contributed by atoms with Crippen LogP contribution in [0.15, 0.2) is 66.7 Å². The van der Waals surface area contributed by atoms with Crippen LogP contribution in [0.1, 0.15) is 45.9 Å². The van der Waals surface area contributed by atoms with Gasteiger partial charge in [-0.25, -0.2) is 0 Å². The Morgan fingerprint density at radius 1 is 0.600 bits per heavy atom. The molecule has 2 aliphatic rings. The van der Waals surface area contributed by atoms with E-state index < -0.39 is 36.1 Å². The molecule has 206 valence electrons. The van der Waals surface area contributed by atoms with E-state index in [2.05, 4.69) is 0 Å². The van der Waals surface area contributed by atoms with Crippen LogP contribution >= 0.6 is 0 Å². The van der Waals surface area contributed by atoms with Gasteiger partial charge in [0.15, 0.2) is 17.6 Å². The first kappa shape index (κ1) is 25.5. The molecule has 0 unspecified atom stereocenters. The molecule has 5 atom stereocenters. The van der Waals surface area contributed by atoms with Crippen molar-refractivity contribution in [3.63, 3.8) is 0 Å². The van der Waals surface area contributed by atoms with Gasteiger partial charge >= 0.3 is 0 Å². The molecule has 0 saturated carbocycles. The van der Waals surface area contributed by atoms with Crippen LogP contribution in [-0.2, 0) is 6.42 Å². The zero-order valence-electron chi connectivity index (χ0n) is 20.8. The van der Waals surface area contributed by atoms with Crippen molar-refractivity contribution in [3.8, 4) is 46.0 Å². The maximum absolute atomic E-state index is 11.7. The van der Waals surface area contributed by atoms with Gasteiger partial charge in [-0.3, -0.25) is 0 Å². The van der Waals surface area contributed by atoms with Crippen molar-refractivity contribution >= 4 is 0 Å². The number of fused-ring (bicyclic) bond motifs is 2. The molecular weight excluding hydrogens is 520 g/mol. The number of rotatable bonds is 3. The van der Waals surface area contributed by atoms with Crippen LogP contribution in [0.4, 0.5) is 0 Å². The molecule has 0 aliphatic carbocycles. The number of hydrogen-bond acceptors (Lipinski definition) is 10. The molecule has 0 saturated heterocycles. The van der Waals surface area contributed by atoms with Crippen LogP contribution in [0, 0.1) is 0 Å². The molecule has 2 heterocycles. The SMILES string of the molecule is Oc1ccc([C@H]2Oc3c(c(O)cc(O)c3[C@@H]3c4ccc(O)cc4O[C@H](c4ccc(O)c(O)c4)[C@H]3O)C[C@H]2O)cc1. The van der Waals surface area contributed by atoms with E-state index in [9.17, 15) is 40.9 Å². The molecule has 0 aromatic heterocycles. The second kappa shape index (κ2) is 9.44. The minimum atomic E-state index is -1.39. The summed E-state index contributed by atoms with van der Waals surface area (Å²) in [6.07, 6.45) is -4.53. The number of hydrogen-bond donors (Lipinski definition) is 8. The van der Waals surface area contributed by atoms with Gasteiger partial charge in [-0.05, 0) is 41.5 Å². The molecule has 8 N–H and O–H groups in total. The molecular formula is C30H26O10. The number of aromatic hydroxyl groups is 6. The lowest BCUT2D eigenvalue weighted by Gasteiger charge is -2.40. The Bertz CT molecular complexity index is 1600. The van der Waals surface area contributed by atoms with E-state index in [1.807, 2.05) is 0 Å². The Balaban J connectivity index is 1.53. The molecule has 6 rings (SSSR count). The van der Waals surface area contributed by atoms with Crippen molar-refractivity contribution in [2.24, 2.45) is 0 Å². The third-order valence-corrected chi connectivity index (χ3v) is 7.48. The molecule has 4 aromatic rings. The molecule has 40 heavy (non-hydrogen) atoms. The predicted molar refractivity (Wildman–Crippen MR) is 140 cm³/mol. The largest absolute Gasteiger partial charge is 0.508 e. The maximum Gasteiger partial charge on any atom is 0.157 e. The summed E-state index contributed by atoms with van der Waals surface area (Å²) in [5.74, 6) is -2.30. The van der Waals surface area contributed by atoms with E-state index in [1.54, 1.807) is 12.1 Å². The lowest BCUT2D eigenvalue weighted by atomic mass is 9.78. The highest BCUT2D eigenvalue weighted by Gasteiger charge is 2.44. The van der Waals surface area contributed by atoms with Gasteiger partial charge < -0.3 is 50.3 Å². The summed E-state index contributed by atoms with van der Waals surface area (Å²) in [4.78, 5) is 0. The van der Waals surface area contributed by atoms with E-state index in [1.165, 1.54) is 48.5 Å². The fraction of sp³-hybridized carbons (Fsp3) is 0.200. The maximum atomic E-state index is 11.7. The smallest absolute Gasteiger partial charge is 0.157 e. The van der Waals surface area contributed by atoms with Gasteiger partial charge in [0, 0.05) is 41.2 Å². The zero-order valence-corrected chi connectivity index (χ0v) is 20.8. The van der Waals surface area contributed by atoms with Gasteiger partial charge in [0.25, 0.3) is 0 Å². The van der Waals surface area contributed by atoms with Gasteiger partial charge in [-0.1, -0.05) is 24.3 Å². The minimum Gasteiger partial charge on any atom is -0.508 e. The first-order chi connectivity index (χ1) is 19.1. The number of benzene rings is 4. The van der Waals surface area contributed by atoms with Crippen molar-refractivity contribution in [1.29, 1.82) is 0 Å². The van der Waals surface area contributed by atoms with E-state index in [0.29, 0.717) is 16.7 Å². The number of aliphatic hydroxyl groups is 2. The van der Waals surface area contributed by atoms with Crippen molar-refractivity contribution in [2.45, 2.75) is 36.8 Å². The fourth-order valence-electron chi connectivity index (χ4n) is 5.55. The van der Waals surface area contributed by atoms with E-state index in [0.717, 1.165) is 6.07 Å². The Labute approximate surface area is 227 Å². The van der Waals surface area contributed by atoms with Gasteiger partial charge in [0.2, 0.25) is 0 Å². The summed E-state index contributed by atoms with van der Waals surface area (Å²) < 4.78 is 12.3. The number of phenols is 6. The summed E-state index contributed by atoms with van der Waals surface area (Å²) in [5.41, 5.74) is 1.61. The van der Waals surface area contributed by atoms with Crippen LogP contribution in [0.3, 0.4) is 0 Å². The van der Waals surface area contributed by atoms with Crippen molar-refractivity contribution in [3.05, 3.63) is 94.5 Å². The molecule has 10 nitrogen and oxygen atoms in total. The molecule has 0 spiro atoms. The Morgan fingerprint density at radius 3 is 2.02 bits per heavy atom. The first-order valence-electron chi connectivity index (χ1n) is 12.5. The highest BCUT2D eigenvalue weighted by Crippen LogP contribution is 2.55. The summed E-state index contributed by atoms with van der Waals surface area (Å²) in [5, 5.41) is 84.3. The summed E-state index contributed by atoms with van der Waals surface area (Å²) in [6, 6.07) is 15.5. The molecule has 0 fully saturated rings. The van der Waals surface area contributed by atoms with Crippen molar-refractivity contribution < 1.29 is 50.3 Å². The first-order valence-corrected chi connectivity index (χ1v) is 12.5. The second-order valence-electron chi connectivity index (χ2n) is 10.0. The molecule has 4 aromatic carbocycles. The van der Waals surface area contributed by atoms with Gasteiger partial charge in [0.05, 0.1) is 6.10 Å². The summed E-state index contributed by atoms with van der Waals surface area (Å²) in [7, 11) is 0. The van der Waals surface area contributed by atoms with Gasteiger partial charge in [0.1, 0.15) is 46.7 Å². The molecule has 0 bridgehead atoms. The van der Waals surface area contributed by atoms with Crippen LogP contribution in [0.2, 0.25) is 0 Å². The van der Waals surface area contributed by atoms with E-state index >= 15 is 0 Å². The quantitative estimate of drug-likeness (QED) is 0.177. The normalized spacial score (nSPS) is 23.4. The van der Waals surface area contributed by atoms with Crippen molar-refractivity contribution in [2.75, 3.05) is 0 Å². The Morgan fingerprint density at radius 2 is 1.30 bits per heavy atom. The zero-order chi connectivity index (χ0) is 28.3. The summed E-state index contributed by atoms with van der Waals surface area (Å²) >= 11 is 0. The number of phenolic OH excluding ortho intramolecular Hbond substituents is 6. The van der Waals surface area contributed by atoms with Gasteiger partial charge in [-0.15, -0.1) is 0 Å². The van der Waals surface area contributed by atoms with Crippen molar-refractivity contribution in [1.82, 2.24) is 0 Å². The minimum absolute atomic E-state index is 0.0296. The van der Waals surface area contributed by atoms with Gasteiger partial charge in [-0.2, -0.15) is 0 Å². The summed E-state index contributed by atoms with van der Waals surface area (Å²) in [6.45, 7) is 0. The Hall–Kier alpha value is -4.80. The molecule has 0 radical (unpaired) electrons. The highest BCUT2D eigenvalue weighted by molar-refractivity contribution is 5.63. The molecule has 0 amide bonds. The lowest BCUT2D eigenvalue weighted by molar-refractivity contribution is 0.00188. The van der Waals surface area contributed by atoms with Crippen LogP contribution < -0.4 is 9.47 Å². The van der Waals surface area contributed by atoms with Crippen LogP contribution in [0.25, 0.3) is 0 Å². The predicted octanol–water partition coefficient (Wildman–Crippen LogP) is 3.58. The highest BCUT2D eigenvalue weighted by atomic mass is 16.5.